The fourth-order valence-electron chi connectivity index (χ4n) is 1.79. The molecule has 1 aromatic carbocycles. The van der Waals surface area contributed by atoms with Crippen LogP contribution in [0.3, 0.4) is 0 Å². The van der Waals surface area contributed by atoms with Gasteiger partial charge in [-0.15, -0.1) is 0 Å². The number of hydrogen-bond acceptors (Lipinski definition) is 4. The maximum Gasteiger partial charge on any atom is 0.321 e. The number of anilines is 1. The average Bonchev–Trinajstić information content (AvgIpc) is 2.93. The quantitative estimate of drug-likeness (QED) is 0.795. The van der Waals surface area contributed by atoms with E-state index in [2.05, 4.69) is 15.6 Å². The lowest BCUT2D eigenvalue weighted by Gasteiger charge is -2.19. The van der Waals surface area contributed by atoms with Gasteiger partial charge < -0.3 is 10.4 Å². The summed E-state index contributed by atoms with van der Waals surface area (Å²) in [5.74, 6) is 0.164. The topological polar surface area (TPSA) is 74.2 Å². The van der Waals surface area contributed by atoms with E-state index >= 15 is 0 Å². The highest BCUT2D eigenvalue weighted by Gasteiger charge is 2.15. The Morgan fingerprint density at radius 1 is 1.33 bits per heavy atom. The number of nitrogens with one attached hydrogen (secondary N) is 2. The van der Waals surface area contributed by atoms with Crippen LogP contribution in [0.4, 0.5) is 9.93 Å². The highest BCUT2D eigenvalue weighted by molar-refractivity contribution is 7.19. The van der Waals surface area contributed by atoms with Crippen molar-refractivity contribution < 1.29 is 9.90 Å². The molecular weight excluding hydrogens is 286 g/mol. The molecule has 1 heterocycles. The molecule has 0 aliphatic carbocycles. The molecule has 0 saturated carbocycles. The minimum Gasteiger partial charge on any atom is -0.394 e. The van der Waals surface area contributed by atoms with Crippen molar-refractivity contribution in [1.29, 1.82) is 0 Å². The number of rotatable bonds is 5. The summed E-state index contributed by atoms with van der Waals surface area (Å²) in [6.45, 7) is 3.80. The molecule has 1 atom stereocenters. The number of aromatic nitrogens is 1. The van der Waals surface area contributed by atoms with E-state index in [0.717, 1.165) is 10.4 Å². The molecule has 0 bridgehead atoms. The van der Waals surface area contributed by atoms with Crippen molar-refractivity contribution in [2.24, 2.45) is 5.92 Å². The summed E-state index contributed by atoms with van der Waals surface area (Å²) in [4.78, 5) is 17.1. The first-order chi connectivity index (χ1) is 10.1. The van der Waals surface area contributed by atoms with Crippen LogP contribution in [0.5, 0.6) is 0 Å². The standard InChI is InChI=1S/C15H19N3O2S/c1-10(2)12(9-19)17-14(20)18-15-16-8-13(21-15)11-6-4-3-5-7-11/h3-8,10,12,19H,9H2,1-2H3,(H2,16,17,18,20)/t12-/m1/s1. The van der Waals surface area contributed by atoms with E-state index < -0.39 is 0 Å². The third-order valence-electron chi connectivity index (χ3n) is 3.10. The number of benzene rings is 1. The Kier molecular flexibility index (Phi) is 5.30. The first-order valence-electron chi connectivity index (χ1n) is 6.79. The highest BCUT2D eigenvalue weighted by atomic mass is 32.1. The van der Waals surface area contributed by atoms with Gasteiger partial charge >= 0.3 is 6.03 Å². The average molecular weight is 305 g/mol. The van der Waals surface area contributed by atoms with Gasteiger partial charge in [0.1, 0.15) is 0 Å². The van der Waals surface area contributed by atoms with Gasteiger partial charge in [-0.25, -0.2) is 9.78 Å². The van der Waals surface area contributed by atoms with Gasteiger partial charge in [-0.3, -0.25) is 5.32 Å². The van der Waals surface area contributed by atoms with Crippen LogP contribution in [0.2, 0.25) is 0 Å². The van der Waals surface area contributed by atoms with Crippen LogP contribution in [0, 0.1) is 5.92 Å². The smallest absolute Gasteiger partial charge is 0.321 e. The number of nitrogens with zero attached hydrogens (tertiary/aromatic N) is 1. The molecule has 3 N–H and O–H groups in total. The zero-order chi connectivity index (χ0) is 15.2. The Morgan fingerprint density at radius 2 is 2.05 bits per heavy atom. The van der Waals surface area contributed by atoms with Crippen molar-refractivity contribution in [2.45, 2.75) is 19.9 Å². The van der Waals surface area contributed by atoms with Gasteiger partial charge in [-0.05, 0) is 11.5 Å². The van der Waals surface area contributed by atoms with E-state index in [4.69, 9.17) is 0 Å². The van der Waals surface area contributed by atoms with Gasteiger partial charge in [0.2, 0.25) is 0 Å². The van der Waals surface area contributed by atoms with Gasteiger partial charge in [-0.2, -0.15) is 0 Å². The number of thiazole rings is 1. The Bertz CT molecular complexity index is 584. The zero-order valence-electron chi connectivity index (χ0n) is 12.0. The van der Waals surface area contributed by atoms with Crippen LogP contribution in [0.1, 0.15) is 13.8 Å². The molecule has 0 aliphatic heterocycles. The summed E-state index contributed by atoms with van der Waals surface area (Å²) in [7, 11) is 0. The van der Waals surface area contributed by atoms with Crippen LogP contribution in [-0.2, 0) is 0 Å². The molecule has 2 rings (SSSR count). The summed E-state index contributed by atoms with van der Waals surface area (Å²) in [6, 6.07) is 9.26. The molecular formula is C15H19N3O2S. The van der Waals surface area contributed by atoms with Gasteiger partial charge in [0, 0.05) is 6.20 Å². The molecule has 0 radical (unpaired) electrons. The molecule has 0 aliphatic rings. The highest BCUT2D eigenvalue weighted by Crippen LogP contribution is 2.28. The lowest BCUT2D eigenvalue weighted by Crippen LogP contribution is -2.43. The summed E-state index contributed by atoms with van der Waals surface area (Å²) < 4.78 is 0. The summed E-state index contributed by atoms with van der Waals surface area (Å²) >= 11 is 1.41. The molecule has 0 spiro atoms. The molecule has 21 heavy (non-hydrogen) atoms. The molecule has 0 saturated heterocycles. The second-order valence-electron chi connectivity index (χ2n) is 5.03. The SMILES string of the molecule is CC(C)[C@@H](CO)NC(=O)Nc1ncc(-c2ccccc2)s1. The number of aliphatic hydroxyl groups excluding tert-OH is 1. The number of aliphatic hydroxyl groups is 1. The van der Waals surface area contributed by atoms with Crippen molar-refractivity contribution >= 4 is 22.5 Å². The molecule has 6 heteroatoms. The number of amides is 2. The van der Waals surface area contributed by atoms with Crippen LogP contribution >= 0.6 is 11.3 Å². The van der Waals surface area contributed by atoms with Gasteiger partial charge in [0.25, 0.3) is 0 Å². The molecule has 112 valence electrons. The normalized spacial score (nSPS) is 12.2. The Balaban J connectivity index is 1.98. The zero-order valence-corrected chi connectivity index (χ0v) is 12.9. The fourth-order valence-corrected chi connectivity index (χ4v) is 2.61. The fraction of sp³-hybridized carbons (Fsp3) is 0.333. The maximum absolute atomic E-state index is 11.9. The van der Waals surface area contributed by atoms with Crippen LogP contribution in [0.15, 0.2) is 36.5 Å². The molecule has 1 aromatic heterocycles. The second-order valence-corrected chi connectivity index (χ2v) is 6.06. The molecule has 2 aromatic rings. The summed E-state index contributed by atoms with van der Waals surface area (Å²) in [5, 5.41) is 15.2. The second kappa shape index (κ2) is 7.19. The lowest BCUT2D eigenvalue weighted by molar-refractivity contribution is 0.204. The molecule has 2 amide bonds. The lowest BCUT2D eigenvalue weighted by atomic mass is 10.1. The predicted molar refractivity (Wildman–Crippen MR) is 85.4 cm³/mol. The predicted octanol–water partition coefficient (Wildman–Crippen LogP) is 2.95. The first-order valence-corrected chi connectivity index (χ1v) is 7.61. The van der Waals surface area contributed by atoms with E-state index in [9.17, 15) is 9.90 Å². The largest absolute Gasteiger partial charge is 0.394 e. The van der Waals surface area contributed by atoms with Crippen molar-refractivity contribution in [1.82, 2.24) is 10.3 Å². The minimum absolute atomic E-state index is 0.0851. The summed E-state index contributed by atoms with van der Waals surface area (Å²) in [6.07, 6.45) is 1.74. The Morgan fingerprint density at radius 3 is 2.67 bits per heavy atom. The van der Waals surface area contributed by atoms with Gasteiger partial charge in [-0.1, -0.05) is 55.5 Å². The Hall–Kier alpha value is -1.92. The first kappa shape index (κ1) is 15.5. The third kappa shape index (κ3) is 4.27. The van der Waals surface area contributed by atoms with Crippen molar-refractivity contribution in [2.75, 3.05) is 11.9 Å². The van der Waals surface area contributed by atoms with Crippen LogP contribution in [-0.4, -0.2) is 28.8 Å². The van der Waals surface area contributed by atoms with E-state index in [1.165, 1.54) is 11.3 Å². The molecule has 0 unspecified atom stereocenters. The van der Waals surface area contributed by atoms with E-state index in [1.54, 1.807) is 6.20 Å². The van der Waals surface area contributed by atoms with Crippen molar-refractivity contribution in [3.63, 3.8) is 0 Å². The maximum atomic E-state index is 11.9. The van der Waals surface area contributed by atoms with Gasteiger partial charge in [0.05, 0.1) is 17.5 Å². The third-order valence-corrected chi connectivity index (χ3v) is 4.06. The molecule has 0 fully saturated rings. The number of urea groups is 1. The van der Waals surface area contributed by atoms with Crippen molar-refractivity contribution in [3.05, 3.63) is 36.5 Å². The van der Waals surface area contributed by atoms with E-state index in [0.29, 0.717) is 5.13 Å². The number of carbonyl (C=O) groups excluding carboxylic acids is 1. The van der Waals surface area contributed by atoms with Gasteiger partial charge in [0.15, 0.2) is 5.13 Å². The van der Waals surface area contributed by atoms with Crippen LogP contribution < -0.4 is 10.6 Å². The minimum atomic E-state index is -0.350. The van der Waals surface area contributed by atoms with Crippen LogP contribution in [0.25, 0.3) is 10.4 Å². The Labute approximate surface area is 128 Å². The van der Waals surface area contributed by atoms with E-state index in [1.807, 2.05) is 44.2 Å². The molecule has 5 nitrogen and oxygen atoms in total. The number of hydrogen-bond donors (Lipinski definition) is 3. The summed E-state index contributed by atoms with van der Waals surface area (Å²) in [5.41, 5.74) is 1.07. The number of carbonyl (C=O) groups is 1. The monoisotopic (exact) mass is 305 g/mol. The van der Waals surface area contributed by atoms with E-state index in [-0.39, 0.29) is 24.6 Å². The van der Waals surface area contributed by atoms with Crippen molar-refractivity contribution in [3.8, 4) is 10.4 Å².